The van der Waals surface area contributed by atoms with Gasteiger partial charge in [0.15, 0.2) is 0 Å². The molecule has 2 heteroatoms. The summed E-state index contributed by atoms with van der Waals surface area (Å²) in [7, 11) is 0. The molecule has 2 nitrogen and oxygen atoms in total. The van der Waals surface area contributed by atoms with Gasteiger partial charge < -0.3 is 4.90 Å². The lowest BCUT2D eigenvalue weighted by atomic mass is 10.1. The summed E-state index contributed by atoms with van der Waals surface area (Å²) in [6, 6.07) is 9.81. The van der Waals surface area contributed by atoms with Gasteiger partial charge in [-0.05, 0) is 38.3 Å². The van der Waals surface area contributed by atoms with Gasteiger partial charge in [-0.2, -0.15) is 0 Å². The predicted octanol–water partition coefficient (Wildman–Crippen LogP) is 2.32. The molecule has 0 aromatic heterocycles. The highest BCUT2D eigenvalue weighted by atomic mass is 15.3. The monoisotopic (exact) mass is 244 g/mol. The van der Waals surface area contributed by atoms with Crippen molar-refractivity contribution in [1.82, 2.24) is 9.80 Å². The zero-order valence-corrected chi connectivity index (χ0v) is 11.4. The van der Waals surface area contributed by atoms with Crippen LogP contribution in [0.5, 0.6) is 0 Å². The zero-order valence-electron chi connectivity index (χ0n) is 11.4. The van der Waals surface area contributed by atoms with Crippen LogP contribution in [0.1, 0.15) is 24.0 Å². The Hall–Kier alpha value is -0.860. The molecule has 2 heterocycles. The Bertz CT molecular complexity index is 402. The van der Waals surface area contributed by atoms with E-state index in [-0.39, 0.29) is 0 Å². The van der Waals surface area contributed by atoms with Gasteiger partial charge in [-0.3, -0.25) is 4.90 Å². The molecule has 0 saturated carbocycles. The molecule has 2 aliphatic rings. The first kappa shape index (κ1) is 12.2. The standard InChI is InChI=1S/C16H24N2/c1-14-4-2-5-15(12-14)7-9-17-10-11-18-8-3-6-16(18)13-17/h2,4-5,12,16H,3,6-11,13H2,1H3. The summed E-state index contributed by atoms with van der Waals surface area (Å²) < 4.78 is 0. The second kappa shape index (κ2) is 5.41. The largest absolute Gasteiger partial charge is 0.300 e. The molecule has 1 unspecified atom stereocenters. The fraction of sp³-hybridized carbons (Fsp3) is 0.625. The Kier molecular flexibility index (Phi) is 3.67. The maximum atomic E-state index is 2.68. The fourth-order valence-electron chi connectivity index (χ4n) is 3.41. The van der Waals surface area contributed by atoms with Crippen molar-refractivity contribution in [3.63, 3.8) is 0 Å². The number of aryl methyl sites for hydroxylation is 1. The molecule has 2 aliphatic heterocycles. The molecule has 1 aromatic carbocycles. The normalized spacial score (nSPS) is 25.3. The molecule has 0 spiro atoms. The maximum absolute atomic E-state index is 2.68. The van der Waals surface area contributed by atoms with E-state index in [2.05, 4.69) is 41.0 Å². The Morgan fingerprint density at radius 2 is 2.17 bits per heavy atom. The summed E-state index contributed by atoms with van der Waals surface area (Å²) >= 11 is 0. The van der Waals surface area contributed by atoms with Crippen molar-refractivity contribution in [2.75, 3.05) is 32.7 Å². The van der Waals surface area contributed by atoms with E-state index in [1.54, 1.807) is 0 Å². The van der Waals surface area contributed by atoms with Gasteiger partial charge in [-0.25, -0.2) is 0 Å². The molecule has 0 N–H and O–H groups in total. The van der Waals surface area contributed by atoms with Crippen molar-refractivity contribution in [2.24, 2.45) is 0 Å². The van der Waals surface area contributed by atoms with Crippen LogP contribution in [0, 0.1) is 6.92 Å². The molecule has 0 amide bonds. The number of hydrogen-bond acceptors (Lipinski definition) is 2. The SMILES string of the molecule is Cc1cccc(CCN2CCN3CCCC3C2)c1. The minimum atomic E-state index is 0.858. The second-order valence-corrected chi connectivity index (χ2v) is 5.87. The van der Waals surface area contributed by atoms with Gasteiger partial charge in [-0.15, -0.1) is 0 Å². The third kappa shape index (κ3) is 2.76. The average Bonchev–Trinajstić information content (AvgIpc) is 2.84. The van der Waals surface area contributed by atoms with Gasteiger partial charge in [0.05, 0.1) is 0 Å². The number of hydrogen-bond donors (Lipinski definition) is 0. The average molecular weight is 244 g/mol. The third-order valence-corrected chi connectivity index (χ3v) is 4.47. The quantitative estimate of drug-likeness (QED) is 0.805. The van der Waals surface area contributed by atoms with Gasteiger partial charge in [-0.1, -0.05) is 29.8 Å². The second-order valence-electron chi connectivity index (χ2n) is 5.87. The minimum absolute atomic E-state index is 0.858. The lowest BCUT2D eigenvalue weighted by Crippen LogP contribution is -2.50. The first-order valence-corrected chi connectivity index (χ1v) is 7.33. The summed E-state index contributed by atoms with van der Waals surface area (Å²) in [5, 5.41) is 0. The predicted molar refractivity (Wildman–Crippen MR) is 75.9 cm³/mol. The van der Waals surface area contributed by atoms with E-state index in [0.29, 0.717) is 0 Å². The van der Waals surface area contributed by atoms with Gasteiger partial charge in [0.25, 0.3) is 0 Å². The van der Waals surface area contributed by atoms with Crippen molar-refractivity contribution >= 4 is 0 Å². The molecule has 2 saturated heterocycles. The number of rotatable bonds is 3. The molecule has 0 bridgehead atoms. The van der Waals surface area contributed by atoms with E-state index in [4.69, 9.17) is 0 Å². The summed E-state index contributed by atoms with van der Waals surface area (Å²) in [6.07, 6.45) is 4.03. The molecule has 0 aliphatic carbocycles. The van der Waals surface area contributed by atoms with Crippen LogP contribution in [0.3, 0.4) is 0 Å². The van der Waals surface area contributed by atoms with E-state index in [0.717, 1.165) is 6.04 Å². The van der Waals surface area contributed by atoms with Crippen molar-refractivity contribution in [2.45, 2.75) is 32.2 Å². The van der Waals surface area contributed by atoms with Crippen LogP contribution in [0.25, 0.3) is 0 Å². The minimum Gasteiger partial charge on any atom is -0.300 e. The number of piperazine rings is 1. The lowest BCUT2D eigenvalue weighted by molar-refractivity contribution is 0.105. The molecule has 2 fully saturated rings. The van der Waals surface area contributed by atoms with Crippen LogP contribution in [0.2, 0.25) is 0 Å². The molecular weight excluding hydrogens is 220 g/mol. The summed E-state index contributed by atoms with van der Waals surface area (Å²) in [5.41, 5.74) is 2.87. The van der Waals surface area contributed by atoms with Gasteiger partial charge in [0, 0.05) is 32.2 Å². The van der Waals surface area contributed by atoms with Crippen molar-refractivity contribution in [1.29, 1.82) is 0 Å². The Morgan fingerprint density at radius 3 is 3.06 bits per heavy atom. The van der Waals surface area contributed by atoms with Crippen LogP contribution in [-0.4, -0.2) is 48.6 Å². The van der Waals surface area contributed by atoms with Crippen LogP contribution < -0.4 is 0 Å². The van der Waals surface area contributed by atoms with E-state index in [1.807, 2.05) is 0 Å². The van der Waals surface area contributed by atoms with Gasteiger partial charge in [0.1, 0.15) is 0 Å². The first-order valence-electron chi connectivity index (χ1n) is 7.33. The molecule has 98 valence electrons. The first-order chi connectivity index (χ1) is 8.81. The van der Waals surface area contributed by atoms with Crippen LogP contribution in [0.15, 0.2) is 24.3 Å². The summed E-state index contributed by atoms with van der Waals surface area (Å²) in [5.74, 6) is 0. The van der Waals surface area contributed by atoms with Crippen molar-refractivity contribution in [3.05, 3.63) is 35.4 Å². The number of fused-ring (bicyclic) bond motifs is 1. The highest BCUT2D eigenvalue weighted by Crippen LogP contribution is 2.21. The van der Waals surface area contributed by atoms with E-state index in [1.165, 1.54) is 63.1 Å². The molecule has 18 heavy (non-hydrogen) atoms. The topological polar surface area (TPSA) is 6.48 Å². The van der Waals surface area contributed by atoms with Crippen molar-refractivity contribution < 1.29 is 0 Å². The Labute approximate surface area is 111 Å². The fourth-order valence-corrected chi connectivity index (χ4v) is 3.41. The van der Waals surface area contributed by atoms with Crippen molar-refractivity contribution in [3.8, 4) is 0 Å². The Morgan fingerprint density at radius 1 is 1.22 bits per heavy atom. The van der Waals surface area contributed by atoms with Gasteiger partial charge >= 0.3 is 0 Å². The highest BCUT2D eigenvalue weighted by molar-refractivity contribution is 5.22. The van der Waals surface area contributed by atoms with Crippen LogP contribution >= 0.6 is 0 Å². The Balaban J connectivity index is 1.51. The van der Waals surface area contributed by atoms with Gasteiger partial charge in [0.2, 0.25) is 0 Å². The molecule has 1 aromatic rings. The molecule has 3 rings (SSSR count). The summed E-state index contributed by atoms with van der Waals surface area (Å²) in [6.45, 7) is 8.61. The molecular formula is C16H24N2. The van der Waals surface area contributed by atoms with E-state index in [9.17, 15) is 0 Å². The molecule has 1 atom stereocenters. The van der Waals surface area contributed by atoms with E-state index < -0.39 is 0 Å². The van der Waals surface area contributed by atoms with Crippen LogP contribution in [-0.2, 0) is 6.42 Å². The highest BCUT2D eigenvalue weighted by Gasteiger charge is 2.29. The third-order valence-electron chi connectivity index (χ3n) is 4.47. The van der Waals surface area contributed by atoms with Crippen LogP contribution in [0.4, 0.5) is 0 Å². The molecule has 0 radical (unpaired) electrons. The van der Waals surface area contributed by atoms with E-state index >= 15 is 0 Å². The number of benzene rings is 1. The maximum Gasteiger partial charge on any atom is 0.0224 e. The lowest BCUT2D eigenvalue weighted by Gasteiger charge is -2.37. The summed E-state index contributed by atoms with van der Waals surface area (Å²) in [4.78, 5) is 5.35. The smallest absolute Gasteiger partial charge is 0.0224 e. The zero-order chi connectivity index (χ0) is 12.4. The number of nitrogens with zero attached hydrogens (tertiary/aromatic N) is 2.